The summed E-state index contributed by atoms with van der Waals surface area (Å²) >= 11 is 0. The average molecular weight is 179 g/mol. The first-order chi connectivity index (χ1) is 6.09. The fourth-order valence-corrected chi connectivity index (χ4v) is 0.847. The number of hydrogen-bond donors (Lipinski definition) is 3. The summed E-state index contributed by atoms with van der Waals surface area (Å²) < 4.78 is 0. The van der Waals surface area contributed by atoms with E-state index in [-0.39, 0.29) is 11.5 Å². The number of nitrogens with two attached hydrogens (primary N) is 1. The van der Waals surface area contributed by atoms with Crippen molar-refractivity contribution in [2.75, 3.05) is 0 Å². The smallest absolute Gasteiger partial charge is 0.241 e. The second-order valence-corrected chi connectivity index (χ2v) is 2.48. The third-order valence-corrected chi connectivity index (χ3v) is 1.44. The molecule has 0 atom stereocenters. The minimum atomic E-state index is -0.609. The van der Waals surface area contributed by atoms with E-state index in [2.05, 4.69) is 0 Å². The maximum atomic E-state index is 10.4. The van der Waals surface area contributed by atoms with E-state index in [1.807, 2.05) is 0 Å². The molecule has 0 spiro atoms. The minimum absolute atomic E-state index is 0.0157. The van der Waals surface area contributed by atoms with Crippen LogP contribution in [0.5, 0.6) is 11.5 Å². The molecule has 0 aliphatic rings. The van der Waals surface area contributed by atoms with Gasteiger partial charge in [0.1, 0.15) is 11.5 Å². The van der Waals surface area contributed by atoms with Crippen molar-refractivity contribution in [3.63, 3.8) is 0 Å². The zero-order valence-corrected chi connectivity index (χ0v) is 6.77. The number of carbonyl (C=O) groups excluding carboxylic acids is 1. The molecule has 0 fully saturated rings. The molecule has 0 saturated carbocycles. The van der Waals surface area contributed by atoms with E-state index in [9.17, 15) is 9.90 Å². The van der Waals surface area contributed by atoms with Gasteiger partial charge in [-0.2, -0.15) is 0 Å². The molecule has 1 rings (SSSR count). The Balaban J connectivity index is 3.00. The monoisotopic (exact) mass is 179 g/mol. The number of amides is 1. The van der Waals surface area contributed by atoms with Gasteiger partial charge in [-0.15, -0.1) is 0 Å². The molecule has 1 amide bonds. The lowest BCUT2D eigenvalue weighted by Crippen LogP contribution is -2.05. The van der Waals surface area contributed by atoms with Gasteiger partial charge in [0.05, 0.1) is 0 Å². The normalized spacial score (nSPS) is 10.5. The summed E-state index contributed by atoms with van der Waals surface area (Å²) in [6, 6.07) is 4.00. The fourth-order valence-electron chi connectivity index (χ4n) is 0.847. The van der Waals surface area contributed by atoms with Crippen LogP contribution in [0.3, 0.4) is 0 Å². The van der Waals surface area contributed by atoms with E-state index >= 15 is 0 Å². The first-order valence-corrected chi connectivity index (χ1v) is 3.59. The van der Waals surface area contributed by atoms with Crippen LogP contribution in [0.25, 0.3) is 6.08 Å². The fraction of sp³-hybridized carbons (Fsp3) is 0. The van der Waals surface area contributed by atoms with Crippen molar-refractivity contribution in [2.45, 2.75) is 0 Å². The zero-order chi connectivity index (χ0) is 9.84. The Morgan fingerprint density at radius 3 is 2.69 bits per heavy atom. The third-order valence-electron chi connectivity index (χ3n) is 1.44. The molecule has 68 valence electrons. The van der Waals surface area contributed by atoms with Gasteiger partial charge in [-0.3, -0.25) is 4.79 Å². The number of phenols is 2. The average Bonchev–Trinajstić information content (AvgIpc) is 2.06. The van der Waals surface area contributed by atoms with Gasteiger partial charge in [-0.1, -0.05) is 0 Å². The topological polar surface area (TPSA) is 83.6 Å². The minimum Gasteiger partial charge on any atom is -0.508 e. The second kappa shape index (κ2) is 3.62. The summed E-state index contributed by atoms with van der Waals surface area (Å²) in [5.74, 6) is -0.611. The van der Waals surface area contributed by atoms with Crippen LogP contribution >= 0.6 is 0 Å². The maximum Gasteiger partial charge on any atom is 0.241 e. The van der Waals surface area contributed by atoms with Gasteiger partial charge >= 0.3 is 0 Å². The highest BCUT2D eigenvalue weighted by molar-refractivity contribution is 5.90. The van der Waals surface area contributed by atoms with Crippen molar-refractivity contribution in [3.8, 4) is 11.5 Å². The van der Waals surface area contributed by atoms with Crippen LogP contribution in [0, 0.1) is 0 Å². The highest BCUT2D eigenvalue weighted by Gasteiger charge is 1.98. The molecule has 0 unspecified atom stereocenters. The summed E-state index contributed by atoms with van der Waals surface area (Å²) in [5.41, 5.74) is 5.20. The third kappa shape index (κ3) is 2.52. The second-order valence-electron chi connectivity index (χ2n) is 2.48. The van der Waals surface area contributed by atoms with Crippen molar-refractivity contribution in [3.05, 3.63) is 29.8 Å². The Labute approximate surface area is 74.9 Å². The molecule has 0 aliphatic heterocycles. The summed E-state index contributed by atoms with van der Waals surface area (Å²) in [7, 11) is 0. The molecule has 4 N–H and O–H groups in total. The van der Waals surface area contributed by atoms with E-state index in [0.29, 0.717) is 5.56 Å². The van der Waals surface area contributed by atoms with Crippen LogP contribution in [-0.2, 0) is 4.79 Å². The Morgan fingerprint density at radius 1 is 1.38 bits per heavy atom. The summed E-state index contributed by atoms with van der Waals surface area (Å²) in [5, 5.41) is 18.3. The molecule has 0 bridgehead atoms. The Kier molecular flexibility index (Phi) is 2.54. The van der Waals surface area contributed by atoms with Crippen LogP contribution in [-0.4, -0.2) is 16.1 Å². The largest absolute Gasteiger partial charge is 0.508 e. The molecule has 13 heavy (non-hydrogen) atoms. The van der Waals surface area contributed by atoms with Gasteiger partial charge in [0.15, 0.2) is 0 Å². The molecule has 1 aromatic carbocycles. The van der Waals surface area contributed by atoms with Crippen molar-refractivity contribution < 1.29 is 15.0 Å². The Bertz CT molecular complexity index is 358. The number of carbonyl (C=O) groups is 1. The van der Waals surface area contributed by atoms with Crippen molar-refractivity contribution in [1.29, 1.82) is 0 Å². The quantitative estimate of drug-likeness (QED) is 0.459. The Hall–Kier alpha value is -1.97. The van der Waals surface area contributed by atoms with Crippen molar-refractivity contribution in [1.82, 2.24) is 0 Å². The van der Waals surface area contributed by atoms with Gasteiger partial charge in [0.2, 0.25) is 5.91 Å². The van der Waals surface area contributed by atoms with E-state index in [4.69, 9.17) is 10.8 Å². The van der Waals surface area contributed by atoms with Crippen LogP contribution < -0.4 is 5.73 Å². The lowest BCUT2D eigenvalue weighted by Gasteiger charge is -1.98. The number of aromatic hydroxyl groups is 2. The predicted octanol–water partition coefficient (Wildman–Crippen LogP) is 0.596. The standard InChI is InChI=1S/C9H9NO3/c10-9(13)4-1-6-5-7(11)2-3-8(6)12/h1-5,11-12H,(H2,10,13). The first-order valence-electron chi connectivity index (χ1n) is 3.59. The first kappa shape index (κ1) is 9.12. The van der Waals surface area contributed by atoms with Crippen LogP contribution in [0.15, 0.2) is 24.3 Å². The summed E-state index contributed by atoms with van der Waals surface area (Å²) in [6.45, 7) is 0. The number of rotatable bonds is 2. The molecule has 4 heteroatoms. The van der Waals surface area contributed by atoms with Gasteiger partial charge < -0.3 is 15.9 Å². The molecular formula is C9H9NO3. The number of benzene rings is 1. The molecule has 0 radical (unpaired) electrons. The van der Waals surface area contributed by atoms with Crippen molar-refractivity contribution in [2.24, 2.45) is 5.73 Å². The molecule has 0 heterocycles. The predicted molar refractivity (Wildman–Crippen MR) is 48.0 cm³/mol. The molecule has 0 aliphatic carbocycles. The number of phenolic OH excluding ortho intramolecular Hbond substituents is 2. The molecule has 4 nitrogen and oxygen atoms in total. The number of hydrogen-bond acceptors (Lipinski definition) is 3. The van der Waals surface area contributed by atoms with Crippen LogP contribution in [0.1, 0.15) is 5.56 Å². The summed E-state index contributed by atoms with van der Waals surface area (Å²) in [6.07, 6.45) is 2.44. The highest BCUT2D eigenvalue weighted by atomic mass is 16.3. The lowest BCUT2D eigenvalue weighted by molar-refractivity contribution is -0.113. The van der Waals surface area contributed by atoms with Crippen LogP contribution in [0.2, 0.25) is 0 Å². The molecule has 0 saturated heterocycles. The molecular weight excluding hydrogens is 170 g/mol. The van der Waals surface area contributed by atoms with E-state index < -0.39 is 5.91 Å². The van der Waals surface area contributed by atoms with E-state index in [0.717, 1.165) is 6.08 Å². The van der Waals surface area contributed by atoms with Crippen molar-refractivity contribution >= 4 is 12.0 Å². The zero-order valence-electron chi connectivity index (χ0n) is 6.77. The Morgan fingerprint density at radius 2 is 2.08 bits per heavy atom. The molecule has 1 aromatic rings. The van der Waals surface area contributed by atoms with Gasteiger partial charge in [-0.05, 0) is 24.3 Å². The van der Waals surface area contributed by atoms with E-state index in [1.54, 1.807) is 0 Å². The number of primary amides is 1. The SMILES string of the molecule is NC(=O)C=Cc1cc(O)ccc1O. The van der Waals surface area contributed by atoms with Gasteiger partial charge in [0.25, 0.3) is 0 Å². The van der Waals surface area contributed by atoms with Crippen LogP contribution in [0.4, 0.5) is 0 Å². The lowest BCUT2D eigenvalue weighted by atomic mass is 10.2. The molecule has 0 aromatic heterocycles. The van der Waals surface area contributed by atoms with Gasteiger partial charge in [0, 0.05) is 11.6 Å². The summed E-state index contributed by atoms with van der Waals surface area (Å²) in [4.78, 5) is 10.4. The van der Waals surface area contributed by atoms with Gasteiger partial charge in [-0.25, -0.2) is 0 Å². The van der Waals surface area contributed by atoms with E-state index in [1.165, 1.54) is 24.3 Å². The maximum absolute atomic E-state index is 10.4. The highest BCUT2D eigenvalue weighted by Crippen LogP contribution is 2.22.